The Morgan fingerprint density at radius 3 is 2.38 bits per heavy atom. The van der Waals surface area contributed by atoms with Crippen LogP contribution in [0.5, 0.6) is 0 Å². The number of benzene rings is 1. The van der Waals surface area contributed by atoms with Gasteiger partial charge in [0.25, 0.3) is 5.91 Å². The van der Waals surface area contributed by atoms with E-state index in [2.05, 4.69) is 5.32 Å². The summed E-state index contributed by atoms with van der Waals surface area (Å²) in [6.07, 6.45) is -0.929. The molecule has 1 aromatic rings. The molecule has 2 N–H and O–H groups in total. The molecule has 0 unspecified atom stereocenters. The van der Waals surface area contributed by atoms with E-state index in [0.29, 0.717) is 38.3 Å². The first-order valence-electron chi connectivity index (χ1n) is 7.97. The number of halogens is 1. The first-order valence-corrected chi connectivity index (χ1v) is 7.97. The average Bonchev–Trinajstić information content (AvgIpc) is 2.48. The zero-order valence-corrected chi connectivity index (χ0v) is 14.3. The summed E-state index contributed by atoms with van der Waals surface area (Å²) < 4.78 is 14.7. The maximum Gasteiger partial charge on any atom is 0.407 e. The van der Waals surface area contributed by atoms with Gasteiger partial charge in [-0.2, -0.15) is 0 Å². The van der Waals surface area contributed by atoms with Gasteiger partial charge in [-0.3, -0.25) is 9.69 Å². The van der Waals surface area contributed by atoms with Crippen molar-refractivity contribution in [3.05, 3.63) is 35.1 Å². The summed E-state index contributed by atoms with van der Waals surface area (Å²) in [6.45, 7) is 7.78. The van der Waals surface area contributed by atoms with E-state index in [1.165, 1.54) is 11.0 Å². The van der Waals surface area contributed by atoms with E-state index in [-0.39, 0.29) is 5.56 Å². The second kappa shape index (κ2) is 7.17. The van der Waals surface area contributed by atoms with Gasteiger partial charge in [0.15, 0.2) is 0 Å². The van der Waals surface area contributed by atoms with Gasteiger partial charge in [0, 0.05) is 43.8 Å². The highest BCUT2D eigenvalue weighted by Gasteiger charge is 2.23. The molecular weight excluding hydrogens is 313 g/mol. The fourth-order valence-electron chi connectivity index (χ4n) is 2.62. The largest absolute Gasteiger partial charge is 0.465 e. The maximum absolute atomic E-state index is 14.7. The van der Waals surface area contributed by atoms with Crippen LogP contribution in [0, 0.1) is 5.82 Å². The standard InChI is InChI=1S/C17H24FN3O3/c1-17(2,3)19-15(22)13-6-4-5-12(14(13)18)11-20-7-9-21(10-8-20)16(23)24/h4-6H,7-11H2,1-3H3,(H,19,22)(H,23,24). The van der Waals surface area contributed by atoms with Crippen molar-refractivity contribution in [1.82, 2.24) is 15.1 Å². The number of hydrogen-bond acceptors (Lipinski definition) is 3. The van der Waals surface area contributed by atoms with Crippen LogP contribution in [0.15, 0.2) is 18.2 Å². The van der Waals surface area contributed by atoms with Gasteiger partial charge in [0.05, 0.1) is 5.56 Å². The molecule has 1 aliphatic rings. The molecule has 1 fully saturated rings. The molecule has 1 aromatic carbocycles. The Morgan fingerprint density at radius 1 is 1.21 bits per heavy atom. The Labute approximate surface area is 141 Å². The molecule has 2 rings (SSSR count). The molecule has 0 atom stereocenters. The predicted octanol–water partition coefficient (Wildman–Crippen LogP) is 2.15. The zero-order chi connectivity index (χ0) is 17.9. The molecule has 0 aliphatic carbocycles. The smallest absolute Gasteiger partial charge is 0.407 e. The lowest BCUT2D eigenvalue weighted by Gasteiger charge is -2.33. The van der Waals surface area contributed by atoms with Gasteiger partial charge < -0.3 is 15.3 Å². The normalized spacial score (nSPS) is 16.1. The van der Waals surface area contributed by atoms with Crippen LogP contribution in [0.2, 0.25) is 0 Å². The number of rotatable bonds is 3. The Kier molecular flexibility index (Phi) is 5.43. The summed E-state index contributed by atoms with van der Waals surface area (Å²) in [7, 11) is 0. The quantitative estimate of drug-likeness (QED) is 0.886. The molecule has 0 spiro atoms. The summed E-state index contributed by atoms with van der Waals surface area (Å²) in [5.41, 5.74) is 0.0408. The van der Waals surface area contributed by atoms with Gasteiger partial charge >= 0.3 is 6.09 Å². The van der Waals surface area contributed by atoms with Gasteiger partial charge in [-0.05, 0) is 26.8 Å². The highest BCUT2D eigenvalue weighted by atomic mass is 19.1. The van der Waals surface area contributed by atoms with Crippen LogP contribution in [-0.4, -0.2) is 58.6 Å². The van der Waals surface area contributed by atoms with Crippen LogP contribution in [0.4, 0.5) is 9.18 Å². The van der Waals surface area contributed by atoms with Crippen LogP contribution in [0.25, 0.3) is 0 Å². The zero-order valence-electron chi connectivity index (χ0n) is 14.3. The molecule has 132 valence electrons. The van der Waals surface area contributed by atoms with Gasteiger partial charge in [0.1, 0.15) is 5.82 Å². The van der Waals surface area contributed by atoms with Crippen molar-refractivity contribution in [2.75, 3.05) is 26.2 Å². The second-order valence-electron chi connectivity index (χ2n) is 7.03. The monoisotopic (exact) mass is 337 g/mol. The van der Waals surface area contributed by atoms with Gasteiger partial charge in [0.2, 0.25) is 0 Å². The lowest BCUT2D eigenvalue weighted by atomic mass is 10.0. The molecule has 0 radical (unpaired) electrons. The Morgan fingerprint density at radius 2 is 1.83 bits per heavy atom. The van der Waals surface area contributed by atoms with Gasteiger partial charge in [-0.1, -0.05) is 12.1 Å². The molecule has 0 aromatic heterocycles. The summed E-state index contributed by atoms with van der Waals surface area (Å²) in [6, 6.07) is 4.80. The number of piperazine rings is 1. The highest BCUT2D eigenvalue weighted by Crippen LogP contribution is 2.17. The van der Waals surface area contributed by atoms with E-state index in [0.717, 1.165) is 0 Å². The van der Waals surface area contributed by atoms with E-state index >= 15 is 0 Å². The van der Waals surface area contributed by atoms with E-state index in [9.17, 15) is 14.0 Å². The van der Waals surface area contributed by atoms with Crippen LogP contribution in [0.1, 0.15) is 36.7 Å². The molecular formula is C17H24FN3O3. The molecule has 1 aliphatic heterocycles. The van der Waals surface area contributed by atoms with Crippen LogP contribution in [-0.2, 0) is 6.54 Å². The molecule has 7 heteroatoms. The predicted molar refractivity (Wildman–Crippen MR) is 88.5 cm³/mol. The molecule has 1 heterocycles. The number of carboxylic acid groups (broad SMARTS) is 1. The second-order valence-corrected chi connectivity index (χ2v) is 7.03. The van der Waals surface area contributed by atoms with Crippen molar-refractivity contribution in [3.63, 3.8) is 0 Å². The van der Waals surface area contributed by atoms with E-state index in [1.54, 1.807) is 12.1 Å². The topological polar surface area (TPSA) is 72.9 Å². The molecule has 0 bridgehead atoms. The van der Waals surface area contributed by atoms with Crippen molar-refractivity contribution in [2.45, 2.75) is 32.9 Å². The van der Waals surface area contributed by atoms with Crippen molar-refractivity contribution in [3.8, 4) is 0 Å². The van der Waals surface area contributed by atoms with Crippen molar-refractivity contribution < 1.29 is 19.1 Å². The van der Waals surface area contributed by atoms with Crippen LogP contribution in [0.3, 0.4) is 0 Å². The minimum absolute atomic E-state index is 0.0339. The minimum atomic E-state index is -0.929. The third-order valence-corrected chi connectivity index (χ3v) is 3.85. The number of carbonyl (C=O) groups excluding carboxylic acids is 1. The fraction of sp³-hybridized carbons (Fsp3) is 0.529. The molecule has 6 nitrogen and oxygen atoms in total. The summed E-state index contributed by atoms with van der Waals surface area (Å²) in [5.74, 6) is -0.947. The Hall–Kier alpha value is -2.15. The lowest BCUT2D eigenvalue weighted by molar-refractivity contribution is 0.0911. The number of hydrogen-bond donors (Lipinski definition) is 2. The third-order valence-electron chi connectivity index (χ3n) is 3.85. The fourth-order valence-corrected chi connectivity index (χ4v) is 2.62. The molecule has 0 saturated carbocycles. The minimum Gasteiger partial charge on any atom is -0.465 e. The van der Waals surface area contributed by atoms with Crippen LogP contribution >= 0.6 is 0 Å². The molecule has 2 amide bonds. The molecule has 1 saturated heterocycles. The molecule has 24 heavy (non-hydrogen) atoms. The summed E-state index contributed by atoms with van der Waals surface area (Å²) >= 11 is 0. The van der Waals surface area contributed by atoms with Crippen LogP contribution < -0.4 is 5.32 Å². The highest BCUT2D eigenvalue weighted by molar-refractivity contribution is 5.95. The number of nitrogens with zero attached hydrogens (tertiary/aromatic N) is 2. The summed E-state index contributed by atoms with van der Waals surface area (Å²) in [5, 5.41) is 11.7. The first kappa shape index (κ1) is 18.2. The Bertz CT molecular complexity index is 620. The first-order chi connectivity index (χ1) is 11.2. The van der Waals surface area contributed by atoms with E-state index in [1.807, 2.05) is 25.7 Å². The number of nitrogens with one attached hydrogen (secondary N) is 1. The van der Waals surface area contributed by atoms with Gasteiger partial charge in [-0.15, -0.1) is 0 Å². The van der Waals surface area contributed by atoms with E-state index < -0.39 is 23.4 Å². The average molecular weight is 337 g/mol. The van der Waals surface area contributed by atoms with Crippen molar-refractivity contribution in [2.24, 2.45) is 0 Å². The summed E-state index contributed by atoms with van der Waals surface area (Å²) in [4.78, 5) is 26.5. The number of carbonyl (C=O) groups is 2. The maximum atomic E-state index is 14.7. The Balaban J connectivity index is 2.06. The lowest BCUT2D eigenvalue weighted by Crippen LogP contribution is -2.47. The van der Waals surface area contributed by atoms with Crippen molar-refractivity contribution >= 4 is 12.0 Å². The number of amides is 2. The van der Waals surface area contributed by atoms with E-state index in [4.69, 9.17) is 5.11 Å². The van der Waals surface area contributed by atoms with Crippen molar-refractivity contribution in [1.29, 1.82) is 0 Å². The third kappa shape index (κ3) is 4.67. The van der Waals surface area contributed by atoms with Gasteiger partial charge in [-0.25, -0.2) is 9.18 Å². The SMILES string of the molecule is CC(C)(C)NC(=O)c1cccc(CN2CCN(C(=O)O)CC2)c1F.